The average Bonchev–Trinajstić information content (AvgIpc) is 2.49. The standard InChI is InChI=1S/C16H19NO4/c1-12(2)17(11-15(19)21-3)16(20)14-8-6-13(7-9-14)5-4-10-18/h6-9,12,18H,10-11H2,1-3H3. The lowest BCUT2D eigenvalue weighted by Crippen LogP contribution is -2.41. The maximum atomic E-state index is 12.4. The predicted octanol–water partition coefficient (Wildman–Crippen LogP) is 1.05. The number of carbonyl (C=O) groups is 2. The molecule has 0 heterocycles. The summed E-state index contributed by atoms with van der Waals surface area (Å²) < 4.78 is 4.61. The smallest absolute Gasteiger partial charge is 0.325 e. The van der Waals surface area contributed by atoms with Crippen LogP contribution in [0.5, 0.6) is 0 Å². The van der Waals surface area contributed by atoms with Crippen LogP contribution in [0.1, 0.15) is 29.8 Å². The van der Waals surface area contributed by atoms with Crippen molar-refractivity contribution < 1.29 is 19.4 Å². The Morgan fingerprint density at radius 3 is 2.38 bits per heavy atom. The SMILES string of the molecule is COC(=O)CN(C(=O)c1ccc(C#CCO)cc1)C(C)C. The molecule has 1 aromatic rings. The molecule has 1 amide bonds. The summed E-state index contributed by atoms with van der Waals surface area (Å²) in [6.07, 6.45) is 0. The summed E-state index contributed by atoms with van der Waals surface area (Å²) in [5.74, 6) is 4.60. The Morgan fingerprint density at radius 1 is 1.29 bits per heavy atom. The van der Waals surface area contributed by atoms with Gasteiger partial charge >= 0.3 is 5.97 Å². The van der Waals surface area contributed by atoms with E-state index in [4.69, 9.17) is 5.11 Å². The first-order valence-electron chi connectivity index (χ1n) is 6.57. The Morgan fingerprint density at radius 2 is 1.90 bits per heavy atom. The Balaban J connectivity index is 2.91. The first-order chi connectivity index (χ1) is 9.99. The van der Waals surface area contributed by atoms with Gasteiger partial charge in [0.15, 0.2) is 0 Å². The molecule has 0 aromatic heterocycles. The van der Waals surface area contributed by atoms with Crippen LogP contribution in [0.15, 0.2) is 24.3 Å². The minimum Gasteiger partial charge on any atom is -0.468 e. The van der Waals surface area contributed by atoms with Crippen LogP contribution in [0, 0.1) is 11.8 Å². The fourth-order valence-electron chi connectivity index (χ4n) is 1.70. The molecular weight excluding hydrogens is 270 g/mol. The van der Waals surface area contributed by atoms with Crippen molar-refractivity contribution in [3.05, 3.63) is 35.4 Å². The van der Waals surface area contributed by atoms with Crippen LogP contribution >= 0.6 is 0 Å². The summed E-state index contributed by atoms with van der Waals surface area (Å²) in [6.45, 7) is 3.38. The summed E-state index contributed by atoms with van der Waals surface area (Å²) in [7, 11) is 1.29. The molecule has 0 aliphatic carbocycles. The van der Waals surface area contributed by atoms with Gasteiger partial charge in [0.05, 0.1) is 7.11 Å². The molecule has 0 radical (unpaired) electrons. The number of amides is 1. The number of aliphatic hydroxyl groups excluding tert-OH is 1. The van der Waals surface area contributed by atoms with Gasteiger partial charge in [-0.1, -0.05) is 11.8 Å². The number of ether oxygens (including phenoxy) is 1. The van der Waals surface area contributed by atoms with Crippen molar-refractivity contribution in [2.24, 2.45) is 0 Å². The molecule has 0 aliphatic rings. The average molecular weight is 289 g/mol. The third-order valence-electron chi connectivity index (χ3n) is 2.85. The highest BCUT2D eigenvalue weighted by Crippen LogP contribution is 2.10. The van der Waals surface area contributed by atoms with Crippen molar-refractivity contribution in [1.29, 1.82) is 0 Å². The highest BCUT2D eigenvalue weighted by molar-refractivity contribution is 5.96. The zero-order chi connectivity index (χ0) is 15.8. The topological polar surface area (TPSA) is 66.8 Å². The van der Waals surface area contributed by atoms with Crippen molar-refractivity contribution >= 4 is 11.9 Å². The molecule has 0 atom stereocenters. The number of aliphatic hydroxyl groups is 1. The van der Waals surface area contributed by atoms with Gasteiger partial charge in [0.1, 0.15) is 13.2 Å². The molecule has 1 N–H and O–H groups in total. The normalized spacial score (nSPS) is 9.76. The second-order valence-electron chi connectivity index (χ2n) is 4.64. The summed E-state index contributed by atoms with van der Waals surface area (Å²) in [6, 6.07) is 6.58. The van der Waals surface area contributed by atoms with Crippen molar-refractivity contribution in [2.45, 2.75) is 19.9 Å². The molecule has 0 spiro atoms. The fraction of sp³-hybridized carbons (Fsp3) is 0.375. The van der Waals surface area contributed by atoms with E-state index in [1.54, 1.807) is 24.3 Å². The van der Waals surface area contributed by atoms with E-state index in [1.165, 1.54) is 12.0 Å². The maximum absolute atomic E-state index is 12.4. The number of hydrogen-bond donors (Lipinski definition) is 1. The van der Waals surface area contributed by atoms with E-state index in [-0.39, 0.29) is 25.1 Å². The molecule has 1 rings (SSSR count). The van der Waals surface area contributed by atoms with E-state index < -0.39 is 5.97 Å². The molecule has 0 saturated carbocycles. The van der Waals surface area contributed by atoms with Gasteiger partial charge < -0.3 is 14.7 Å². The predicted molar refractivity (Wildman–Crippen MR) is 78.6 cm³/mol. The summed E-state index contributed by atoms with van der Waals surface area (Å²) in [5.41, 5.74) is 1.19. The zero-order valence-corrected chi connectivity index (χ0v) is 12.4. The first kappa shape index (κ1) is 16.7. The lowest BCUT2D eigenvalue weighted by molar-refractivity contribution is -0.141. The molecule has 1 aromatic carbocycles. The van der Waals surface area contributed by atoms with Crippen LogP contribution in [0.3, 0.4) is 0 Å². The van der Waals surface area contributed by atoms with E-state index >= 15 is 0 Å². The number of esters is 1. The highest BCUT2D eigenvalue weighted by Gasteiger charge is 2.21. The lowest BCUT2D eigenvalue weighted by atomic mass is 10.1. The van der Waals surface area contributed by atoms with E-state index in [0.717, 1.165) is 0 Å². The van der Waals surface area contributed by atoms with Crippen molar-refractivity contribution in [3.8, 4) is 11.8 Å². The van der Waals surface area contributed by atoms with Gasteiger partial charge in [-0.2, -0.15) is 0 Å². The van der Waals surface area contributed by atoms with E-state index in [2.05, 4.69) is 16.6 Å². The third-order valence-corrected chi connectivity index (χ3v) is 2.85. The number of nitrogens with zero attached hydrogens (tertiary/aromatic N) is 1. The van der Waals surface area contributed by atoms with Gasteiger partial charge in [0.25, 0.3) is 5.91 Å². The van der Waals surface area contributed by atoms with Crippen LogP contribution in [-0.2, 0) is 9.53 Å². The Labute approximate surface area is 124 Å². The molecule has 5 nitrogen and oxygen atoms in total. The van der Waals surface area contributed by atoms with E-state index in [0.29, 0.717) is 11.1 Å². The first-order valence-corrected chi connectivity index (χ1v) is 6.57. The fourth-order valence-corrected chi connectivity index (χ4v) is 1.70. The molecule has 0 fully saturated rings. The van der Waals surface area contributed by atoms with Crippen LogP contribution in [0.4, 0.5) is 0 Å². The summed E-state index contributed by atoms with van der Waals surface area (Å²) in [5, 5.41) is 8.63. The van der Waals surface area contributed by atoms with Gasteiger partial charge in [-0.15, -0.1) is 0 Å². The van der Waals surface area contributed by atoms with Gasteiger partial charge in [0.2, 0.25) is 0 Å². The Kier molecular flexibility index (Phi) is 6.44. The van der Waals surface area contributed by atoms with Gasteiger partial charge in [-0.3, -0.25) is 9.59 Å². The number of rotatable bonds is 4. The van der Waals surface area contributed by atoms with Crippen LogP contribution < -0.4 is 0 Å². The van der Waals surface area contributed by atoms with Crippen molar-refractivity contribution in [1.82, 2.24) is 4.90 Å². The zero-order valence-electron chi connectivity index (χ0n) is 12.4. The van der Waals surface area contributed by atoms with Crippen LogP contribution in [0.2, 0.25) is 0 Å². The Hall–Kier alpha value is -2.32. The van der Waals surface area contributed by atoms with Crippen LogP contribution in [0.25, 0.3) is 0 Å². The molecule has 0 bridgehead atoms. The highest BCUT2D eigenvalue weighted by atomic mass is 16.5. The molecule has 5 heteroatoms. The Bertz CT molecular complexity index is 552. The third kappa shape index (κ3) is 4.93. The largest absolute Gasteiger partial charge is 0.468 e. The van der Waals surface area contributed by atoms with Crippen molar-refractivity contribution in [2.75, 3.05) is 20.3 Å². The number of methoxy groups -OCH3 is 1. The molecular formula is C16H19NO4. The lowest BCUT2D eigenvalue weighted by Gasteiger charge is -2.25. The maximum Gasteiger partial charge on any atom is 0.325 e. The van der Waals surface area contributed by atoms with E-state index in [9.17, 15) is 9.59 Å². The van der Waals surface area contributed by atoms with Crippen molar-refractivity contribution in [3.63, 3.8) is 0 Å². The second-order valence-corrected chi connectivity index (χ2v) is 4.64. The summed E-state index contributed by atoms with van der Waals surface area (Å²) >= 11 is 0. The molecule has 112 valence electrons. The van der Waals surface area contributed by atoms with Gasteiger partial charge in [-0.05, 0) is 38.1 Å². The number of carbonyl (C=O) groups excluding carboxylic acids is 2. The molecule has 0 unspecified atom stereocenters. The quantitative estimate of drug-likeness (QED) is 0.664. The minimum absolute atomic E-state index is 0.0843. The molecule has 0 aliphatic heterocycles. The van der Waals surface area contributed by atoms with E-state index in [1.807, 2.05) is 13.8 Å². The number of hydrogen-bond acceptors (Lipinski definition) is 4. The summed E-state index contributed by atoms with van der Waals surface area (Å²) in [4.78, 5) is 25.2. The van der Waals surface area contributed by atoms with Gasteiger partial charge in [0, 0.05) is 17.2 Å². The monoisotopic (exact) mass is 289 g/mol. The second kappa shape index (κ2) is 8.08. The molecule has 0 saturated heterocycles. The number of benzene rings is 1. The minimum atomic E-state index is -0.456. The van der Waals surface area contributed by atoms with Gasteiger partial charge in [-0.25, -0.2) is 0 Å². The van der Waals surface area contributed by atoms with Crippen LogP contribution in [-0.4, -0.2) is 48.2 Å². The molecule has 21 heavy (non-hydrogen) atoms.